The third kappa shape index (κ3) is 4.02. The van der Waals surface area contributed by atoms with Crippen LogP contribution in [0.15, 0.2) is 58.7 Å². The normalized spacial score (nSPS) is 16.5. The molecule has 0 radical (unpaired) electrons. The Labute approximate surface area is 173 Å². The highest BCUT2D eigenvalue weighted by atomic mass is 32.1. The zero-order valence-electron chi connectivity index (χ0n) is 16.3. The minimum atomic E-state index is -1.36. The van der Waals surface area contributed by atoms with Crippen molar-refractivity contribution in [3.63, 3.8) is 0 Å². The molecule has 152 valence electrons. The number of para-hydroxylation sites is 1. The lowest BCUT2D eigenvalue weighted by atomic mass is 9.94. The molecule has 29 heavy (non-hydrogen) atoms. The fraction of sp³-hybridized carbons (Fsp3) is 0.318. The van der Waals surface area contributed by atoms with Gasteiger partial charge in [0.2, 0.25) is 0 Å². The van der Waals surface area contributed by atoms with E-state index in [0.717, 1.165) is 16.9 Å². The van der Waals surface area contributed by atoms with E-state index < -0.39 is 5.60 Å². The number of fused-ring (bicyclic) bond motifs is 1. The van der Waals surface area contributed by atoms with Gasteiger partial charge in [0, 0.05) is 22.4 Å². The van der Waals surface area contributed by atoms with Gasteiger partial charge in [0.05, 0.1) is 19.1 Å². The van der Waals surface area contributed by atoms with Gasteiger partial charge in [0.25, 0.3) is 5.91 Å². The third-order valence-electron chi connectivity index (χ3n) is 4.88. The van der Waals surface area contributed by atoms with Gasteiger partial charge in [0.15, 0.2) is 18.1 Å². The van der Waals surface area contributed by atoms with Crippen molar-refractivity contribution < 1.29 is 23.8 Å². The summed E-state index contributed by atoms with van der Waals surface area (Å²) in [7, 11) is 0. The number of benzene rings is 1. The number of nitrogens with one attached hydrogen (secondary N) is 1. The molecule has 1 atom stereocenters. The van der Waals surface area contributed by atoms with Crippen molar-refractivity contribution >= 4 is 17.2 Å². The summed E-state index contributed by atoms with van der Waals surface area (Å²) in [5.74, 6) is 0.906. The van der Waals surface area contributed by atoms with Crippen LogP contribution in [0.3, 0.4) is 0 Å². The van der Waals surface area contributed by atoms with Crippen LogP contribution in [-0.2, 0) is 16.8 Å². The maximum atomic E-state index is 12.4. The molecule has 0 saturated carbocycles. The van der Waals surface area contributed by atoms with Gasteiger partial charge in [-0.2, -0.15) is 0 Å². The van der Waals surface area contributed by atoms with Crippen molar-refractivity contribution in [2.45, 2.75) is 31.5 Å². The molecule has 0 unspecified atom stereocenters. The van der Waals surface area contributed by atoms with E-state index in [4.69, 9.17) is 13.9 Å². The van der Waals surface area contributed by atoms with Gasteiger partial charge in [-0.1, -0.05) is 18.2 Å². The summed E-state index contributed by atoms with van der Waals surface area (Å²) < 4.78 is 16.8. The first-order valence-electron chi connectivity index (χ1n) is 9.37. The maximum absolute atomic E-state index is 12.4. The van der Waals surface area contributed by atoms with E-state index in [-0.39, 0.29) is 24.7 Å². The lowest BCUT2D eigenvalue weighted by Gasteiger charge is -2.26. The van der Waals surface area contributed by atoms with Crippen LogP contribution in [0.25, 0.3) is 0 Å². The number of furan rings is 1. The highest BCUT2D eigenvalue weighted by Crippen LogP contribution is 2.41. The predicted octanol–water partition coefficient (Wildman–Crippen LogP) is 3.49. The number of rotatable bonds is 7. The molecule has 2 aromatic heterocycles. The molecule has 3 heterocycles. The van der Waals surface area contributed by atoms with Crippen molar-refractivity contribution in [3.05, 3.63) is 70.3 Å². The summed E-state index contributed by atoms with van der Waals surface area (Å²) in [4.78, 5) is 13.1. The highest BCUT2D eigenvalue weighted by Gasteiger charge is 2.35. The van der Waals surface area contributed by atoms with Crippen molar-refractivity contribution in [2.75, 3.05) is 13.2 Å². The van der Waals surface area contributed by atoms with Crippen LogP contribution < -0.4 is 14.8 Å². The molecule has 1 aliphatic heterocycles. The van der Waals surface area contributed by atoms with E-state index in [1.54, 1.807) is 12.1 Å². The van der Waals surface area contributed by atoms with Crippen LogP contribution in [0, 0.1) is 0 Å². The molecule has 2 N–H and O–H groups in total. The summed E-state index contributed by atoms with van der Waals surface area (Å²) in [6, 6.07) is 11.1. The lowest BCUT2D eigenvalue weighted by molar-refractivity contribution is -0.124. The van der Waals surface area contributed by atoms with E-state index in [1.165, 1.54) is 23.9 Å². The highest BCUT2D eigenvalue weighted by molar-refractivity contribution is 7.10. The van der Waals surface area contributed by atoms with Crippen molar-refractivity contribution in [2.24, 2.45) is 0 Å². The van der Waals surface area contributed by atoms with Crippen molar-refractivity contribution in [1.82, 2.24) is 5.32 Å². The molecule has 0 bridgehead atoms. The predicted molar refractivity (Wildman–Crippen MR) is 109 cm³/mol. The number of ether oxygens (including phenoxy) is 2. The molecule has 0 aliphatic carbocycles. The molecular weight excluding hydrogens is 390 g/mol. The topological polar surface area (TPSA) is 80.9 Å². The number of amides is 1. The summed E-state index contributed by atoms with van der Waals surface area (Å²) in [5, 5.41) is 15.9. The van der Waals surface area contributed by atoms with Crippen LogP contribution in [0.1, 0.15) is 29.9 Å². The fourth-order valence-electron chi connectivity index (χ4n) is 3.47. The summed E-state index contributed by atoms with van der Waals surface area (Å²) in [6.45, 7) is 3.87. The summed E-state index contributed by atoms with van der Waals surface area (Å²) >= 11 is 1.41. The molecule has 3 aromatic rings. The van der Waals surface area contributed by atoms with Gasteiger partial charge in [-0.05, 0) is 37.4 Å². The zero-order chi connectivity index (χ0) is 20.5. The summed E-state index contributed by atoms with van der Waals surface area (Å²) in [5.41, 5.74) is 0.00157. The molecular formula is C22H23NO5S. The molecule has 0 fully saturated rings. The number of thiophene rings is 1. The first kappa shape index (κ1) is 19.5. The monoisotopic (exact) mass is 413 g/mol. The smallest absolute Gasteiger partial charge is 0.258 e. The van der Waals surface area contributed by atoms with E-state index in [9.17, 15) is 9.90 Å². The second-order valence-electron chi connectivity index (χ2n) is 7.70. The fourth-order valence-corrected chi connectivity index (χ4v) is 4.31. The van der Waals surface area contributed by atoms with Gasteiger partial charge in [-0.15, -0.1) is 11.3 Å². The minimum absolute atomic E-state index is 0.00562. The zero-order valence-corrected chi connectivity index (χ0v) is 17.1. The van der Waals surface area contributed by atoms with E-state index in [1.807, 2.05) is 43.5 Å². The lowest BCUT2D eigenvalue weighted by Crippen LogP contribution is -2.42. The Morgan fingerprint density at radius 2 is 2.17 bits per heavy atom. The van der Waals surface area contributed by atoms with Crippen molar-refractivity contribution in [3.8, 4) is 11.5 Å². The van der Waals surface area contributed by atoms with Gasteiger partial charge >= 0.3 is 0 Å². The average Bonchev–Trinajstić information content (AvgIpc) is 3.44. The second-order valence-corrected chi connectivity index (χ2v) is 8.65. The standard InChI is InChI=1S/C22H23NO5S/c1-21(2)11-15-5-3-6-17(20(15)28-21)27-13-19(24)23-14-22(25,16-8-9-26-12-16)18-7-4-10-29-18/h3-10,12,25H,11,13-14H2,1-2H3,(H,23,24)/t22-/m0/s1. The van der Waals surface area contributed by atoms with E-state index in [2.05, 4.69) is 5.32 Å². The van der Waals surface area contributed by atoms with Crippen LogP contribution in [0.5, 0.6) is 11.5 Å². The first-order valence-corrected chi connectivity index (χ1v) is 10.2. The van der Waals surface area contributed by atoms with E-state index >= 15 is 0 Å². The largest absolute Gasteiger partial charge is 0.483 e. The summed E-state index contributed by atoms with van der Waals surface area (Å²) in [6.07, 6.45) is 3.77. The Bertz CT molecular complexity index is 945. The third-order valence-corrected chi connectivity index (χ3v) is 5.90. The van der Waals surface area contributed by atoms with Crippen LogP contribution in [0.4, 0.5) is 0 Å². The molecule has 1 aliphatic rings. The average molecular weight is 413 g/mol. The van der Waals surface area contributed by atoms with Gasteiger partial charge < -0.3 is 24.3 Å². The molecule has 4 rings (SSSR count). The maximum Gasteiger partial charge on any atom is 0.258 e. The minimum Gasteiger partial charge on any atom is -0.483 e. The Kier molecular flexibility index (Phi) is 5.10. The quantitative estimate of drug-likeness (QED) is 0.620. The van der Waals surface area contributed by atoms with Crippen LogP contribution in [0.2, 0.25) is 0 Å². The molecule has 1 amide bonds. The van der Waals surface area contributed by atoms with Gasteiger partial charge in [-0.3, -0.25) is 4.79 Å². The van der Waals surface area contributed by atoms with Crippen molar-refractivity contribution in [1.29, 1.82) is 0 Å². The number of hydrogen-bond acceptors (Lipinski definition) is 6. The number of carbonyl (C=O) groups is 1. The Morgan fingerprint density at radius 3 is 2.90 bits per heavy atom. The molecule has 7 heteroatoms. The van der Waals surface area contributed by atoms with Crippen LogP contribution >= 0.6 is 11.3 Å². The first-order chi connectivity index (χ1) is 13.9. The molecule has 1 aromatic carbocycles. The Balaban J connectivity index is 1.40. The molecule has 0 saturated heterocycles. The van der Waals surface area contributed by atoms with Crippen LogP contribution in [-0.4, -0.2) is 29.8 Å². The van der Waals surface area contributed by atoms with E-state index in [0.29, 0.717) is 17.1 Å². The molecule has 6 nitrogen and oxygen atoms in total. The Hall–Kier alpha value is -2.77. The van der Waals surface area contributed by atoms with Gasteiger partial charge in [-0.25, -0.2) is 0 Å². The number of aliphatic hydroxyl groups is 1. The number of hydrogen-bond donors (Lipinski definition) is 2. The van der Waals surface area contributed by atoms with Gasteiger partial charge in [0.1, 0.15) is 11.2 Å². The number of carbonyl (C=O) groups excluding carboxylic acids is 1. The molecule has 0 spiro atoms. The SMILES string of the molecule is CC1(C)Cc2cccc(OCC(=O)NC[C@](O)(c3ccoc3)c3cccs3)c2O1. The second kappa shape index (κ2) is 7.57. The Morgan fingerprint density at radius 1 is 1.31 bits per heavy atom.